The zero-order valence-corrected chi connectivity index (χ0v) is 17.4. The van der Waals surface area contributed by atoms with Gasteiger partial charge in [0.2, 0.25) is 0 Å². The number of nitrogens with one attached hydrogen (secondary N) is 1. The van der Waals surface area contributed by atoms with Crippen LogP contribution in [0.15, 0.2) is 48.5 Å². The Morgan fingerprint density at radius 3 is 2.10 bits per heavy atom. The van der Waals surface area contributed by atoms with E-state index >= 15 is 0 Å². The Labute approximate surface area is 176 Å². The third kappa shape index (κ3) is 5.89. The SMILES string of the molecule is CCOc1ccc(C(=O)N2CCC(NC(=O)COc3ccc(OC)cc3)CC2)cc1. The van der Waals surface area contributed by atoms with E-state index in [9.17, 15) is 9.59 Å². The summed E-state index contributed by atoms with van der Waals surface area (Å²) in [6.45, 7) is 3.69. The fourth-order valence-electron chi connectivity index (χ4n) is 3.36. The smallest absolute Gasteiger partial charge is 0.258 e. The van der Waals surface area contributed by atoms with Crippen molar-refractivity contribution in [3.8, 4) is 17.2 Å². The normalized spacial score (nSPS) is 14.1. The number of amides is 2. The first kappa shape index (κ1) is 21.5. The fraction of sp³-hybridized carbons (Fsp3) is 0.391. The second kappa shape index (κ2) is 10.5. The minimum atomic E-state index is -0.165. The number of carbonyl (C=O) groups excluding carboxylic acids is 2. The highest BCUT2D eigenvalue weighted by Crippen LogP contribution is 2.18. The first-order valence-electron chi connectivity index (χ1n) is 10.2. The molecule has 1 aliphatic heterocycles. The molecular weight excluding hydrogens is 384 g/mol. The lowest BCUT2D eigenvalue weighted by Gasteiger charge is -2.32. The summed E-state index contributed by atoms with van der Waals surface area (Å²) in [5.74, 6) is 1.94. The average Bonchev–Trinajstić information content (AvgIpc) is 2.79. The Hall–Kier alpha value is -3.22. The van der Waals surface area contributed by atoms with Crippen LogP contribution in [0.5, 0.6) is 17.2 Å². The van der Waals surface area contributed by atoms with Crippen molar-refractivity contribution in [1.82, 2.24) is 10.2 Å². The molecule has 30 heavy (non-hydrogen) atoms. The molecule has 7 nitrogen and oxygen atoms in total. The molecular formula is C23H28N2O5. The molecule has 7 heteroatoms. The molecule has 0 aromatic heterocycles. The van der Waals surface area contributed by atoms with Crippen LogP contribution in [0.1, 0.15) is 30.1 Å². The van der Waals surface area contributed by atoms with E-state index in [4.69, 9.17) is 14.2 Å². The van der Waals surface area contributed by atoms with Crippen molar-refractivity contribution in [3.63, 3.8) is 0 Å². The molecule has 2 amide bonds. The van der Waals surface area contributed by atoms with Gasteiger partial charge in [-0.2, -0.15) is 0 Å². The molecule has 1 heterocycles. The van der Waals surface area contributed by atoms with Crippen LogP contribution in [0.25, 0.3) is 0 Å². The number of carbonyl (C=O) groups is 2. The van der Waals surface area contributed by atoms with Crippen molar-refractivity contribution >= 4 is 11.8 Å². The number of hydrogen-bond donors (Lipinski definition) is 1. The Kier molecular flexibility index (Phi) is 7.54. The molecule has 1 N–H and O–H groups in total. The molecule has 0 spiro atoms. The lowest BCUT2D eigenvalue weighted by molar-refractivity contribution is -0.124. The molecule has 0 radical (unpaired) electrons. The van der Waals surface area contributed by atoms with Crippen molar-refractivity contribution in [2.24, 2.45) is 0 Å². The number of piperidine rings is 1. The minimum absolute atomic E-state index is 0.00524. The van der Waals surface area contributed by atoms with E-state index in [1.54, 1.807) is 43.5 Å². The van der Waals surface area contributed by atoms with Crippen LogP contribution in [0, 0.1) is 0 Å². The number of nitrogens with zero attached hydrogens (tertiary/aromatic N) is 1. The maximum Gasteiger partial charge on any atom is 0.258 e. The zero-order chi connectivity index (χ0) is 21.3. The van der Waals surface area contributed by atoms with Gasteiger partial charge in [0.15, 0.2) is 6.61 Å². The van der Waals surface area contributed by atoms with Crippen molar-refractivity contribution in [1.29, 1.82) is 0 Å². The number of hydrogen-bond acceptors (Lipinski definition) is 5. The van der Waals surface area contributed by atoms with Crippen LogP contribution < -0.4 is 19.5 Å². The summed E-state index contributed by atoms with van der Waals surface area (Å²) in [5, 5.41) is 2.99. The van der Waals surface area contributed by atoms with Crippen molar-refractivity contribution in [3.05, 3.63) is 54.1 Å². The molecule has 0 bridgehead atoms. The summed E-state index contributed by atoms with van der Waals surface area (Å²) >= 11 is 0. The molecule has 1 fully saturated rings. The lowest BCUT2D eigenvalue weighted by Crippen LogP contribution is -2.47. The van der Waals surface area contributed by atoms with Crippen molar-refractivity contribution < 1.29 is 23.8 Å². The number of benzene rings is 2. The van der Waals surface area contributed by atoms with Crippen LogP contribution in [0.3, 0.4) is 0 Å². The Morgan fingerprint density at radius 2 is 1.50 bits per heavy atom. The first-order valence-corrected chi connectivity index (χ1v) is 10.2. The predicted molar refractivity (Wildman–Crippen MR) is 113 cm³/mol. The van der Waals surface area contributed by atoms with Crippen LogP contribution in [0.2, 0.25) is 0 Å². The summed E-state index contributed by atoms with van der Waals surface area (Å²) in [4.78, 5) is 26.7. The van der Waals surface area contributed by atoms with Crippen molar-refractivity contribution in [2.75, 3.05) is 33.4 Å². The highest BCUT2D eigenvalue weighted by atomic mass is 16.5. The largest absolute Gasteiger partial charge is 0.497 e. The molecule has 0 saturated carbocycles. The summed E-state index contributed by atoms with van der Waals surface area (Å²) < 4.78 is 16.0. The molecule has 1 aliphatic rings. The van der Waals surface area contributed by atoms with Gasteiger partial charge in [-0.1, -0.05) is 0 Å². The average molecular weight is 412 g/mol. The van der Waals surface area contributed by atoms with Crippen LogP contribution in [-0.2, 0) is 4.79 Å². The summed E-state index contributed by atoms with van der Waals surface area (Å²) in [7, 11) is 1.60. The van der Waals surface area contributed by atoms with E-state index in [2.05, 4.69) is 5.32 Å². The van der Waals surface area contributed by atoms with Crippen LogP contribution in [0.4, 0.5) is 0 Å². The molecule has 3 rings (SSSR count). The number of methoxy groups -OCH3 is 1. The van der Waals surface area contributed by atoms with Gasteiger partial charge >= 0.3 is 0 Å². The van der Waals surface area contributed by atoms with Gasteiger partial charge in [0.25, 0.3) is 11.8 Å². The van der Waals surface area contributed by atoms with E-state index in [0.717, 1.165) is 24.3 Å². The summed E-state index contributed by atoms with van der Waals surface area (Å²) in [5.41, 5.74) is 0.647. The van der Waals surface area contributed by atoms with Gasteiger partial charge in [-0.3, -0.25) is 9.59 Å². The molecule has 2 aromatic carbocycles. The number of likely N-dealkylation sites (tertiary alicyclic amines) is 1. The molecule has 2 aromatic rings. The lowest BCUT2D eigenvalue weighted by atomic mass is 10.0. The van der Waals surface area contributed by atoms with E-state index in [1.165, 1.54) is 0 Å². The van der Waals surface area contributed by atoms with Gasteiger partial charge in [-0.25, -0.2) is 0 Å². The first-order chi connectivity index (χ1) is 14.6. The van der Waals surface area contributed by atoms with Crippen LogP contribution in [-0.4, -0.2) is 56.2 Å². The molecule has 0 atom stereocenters. The van der Waals surface area contributed by atoms with Gasteiger partial charge < -0.3 is 24.4 Å². The Bertz CT molecular complexity index is 828. The molecule has 0 unspecified atom stereocenters. The third-order valence-electron chi connectivity index (χ3n) is 4.99. The Balaban J connectivity index is 1.41. The standard InChI is InChI=1S/C23H28N2O5/c1-3-29-20-6-4-17(5-7-20)23(27)25-14-12-18(13-15-25)24-22(26)16-30-21-10-8-19(28-2)9-11-21/h4-11,18H,3,12-16H2,1-2H3,(H,24,26). The highest BCUT2D eigenvalue weighted by molar-refractivity contribution is 5.94. The minimum Gasteiger partial charge on any atom is -0.497 e. The van der Waals surface area contributed by atoms with Gasteiger partial charge in [-0.05, 0) is 68.3 Å². The molecule has 0 aliphatic carbocycles. The third-order valence-corrected chi connectivity index (χ3v) is 4.99. The monoisotopic (exact) mass is 412 g/mol. The predicted octanol–water partition coefficient (Wildman–Crippen LogP) is 2.89. The van der Waals surface area contributed by atoms with Gasteiger partial charge in [0.1, 0.15) is 17.2 Å². The van der Waals surface area contributed by atoms with Gasteiger partial charge in [-0.15, -0.1) is 0 Å². The van der Waals surface area contributed by atoms with E-state index < -0.39 is 0 Å². The Morgan fingerprint density at radius 1 is 0.933 bits per heavy atom. The topological polar surface area (TPSA) is 77.1 Å². The second-order valence-electron chi connectivity index (χ2n) is 7.06. The number of rotatable bonds is 8. The van der Waals surface area contributed by atoms with Gasteiger partial charge in [0, 0.05) is 24.7 Å². The van der Waals surface area contributed by atoms with Gasteiger partial charge in [0.05, 0.1) is 13.7 Å². The second-order valence-corrected chi connectivity index (χ2v) is 7.06. The van der Waals surface area contributed by atoms with E-state index in [0.29, 0.717) is 31.0 Å². The zero-order valence-electron chi connectivity index (χ0n) is 17.4. The molecule has 160 valence electrons. The van der Waals surface area contributed by atoms with Crippen LogP contribution >= 0.6 is 0 Å². The van der Waals surface area contributed by atoms with E-state index in [-0.39, 0.29) is 24.5 Å². The highest BCUT2D eigenvalue weighted by Gasteiger charge is 2.24. The van der Waals surface area contributed by atoms with Crippen molar-refractivity contribution in [2.45, 2.75) is 25.8 Å². The fourth-order valence-corrected chi connectivity index (χ4v) is 3.36. The molecule has 1 saturated heterocycles. The van der Waals surface area contributed by atoms with E-state index in [1.807, 2.05) is 24.0 Å². The summed E-state index contributed by atoms with van der Waals surface area (Å²) in [6.07, 6.45) is 1.44. The number of ether oxygens (including phenoxy) is 3. The quantitative estimate of drug-likeness (QED) is 0.721. The maximum atomic E-state index is 12.7. The maximum absolute atomic E-state index is 12.7. The summed E-state index contributed by atoms with van der Waals surface area (Å²) in [6, 6.07) is 14.3.